The van der Waals surface area contributed by atoms with Crippen LogP contribution < -0.4 is 19.1 Å². The largest absolute Gasteiger partial charge is 0.487 e. The van der Waals surface area contributed by atoms with E-state index in [4.69, 9.17) is 4.74 Å². The second-order valence-electron chi connectivity index (χ2n) is 8.75. The second-order valence-corrected chi connectivity index (χ2v) is 11.3. The number of fused-ring (bicyclic) bond motifs is 1. The molecule has 0 bridgehead atoms. The van der Waals surface area contributed by atoms with Crippen LogP contribution in [0.3, 0.4) is 0 Å². The maximum atomic E-state index is 15.9. The van der Waals surface area contributed by atoms with E-state index in [0.717, 1.165) is 5.56 Å². The number of ether oxygens (including phenoxy) is 1. The second kappa shape index (κ2) is 10.6. The predicted octanol–water partition coefficient (Wildman–Crippen LogP) is 4.82. The van der Waals surface area contributed by atoms with Crippen LogP contribution >= 0.6 is 15.9 Å². The van der Waals surface area contributed by atoms with Crippen LogP contribution in [0.5, 0.6) is 5.75 Å². The number of rotatable bonds is 7. The molecule has 1 aliphatic rings. The zero-order valence-corrected chi connectivity index (χ0v) is 22.5. The van der Waals surface area contributed by atoms with Crippen molar-refractivity contribution in [3.05, 3.63) is 100 Å². The maximum Gasteiger partial charge on any atom is 0.326 e. The van der Waals surface area contributed by atoms with Crippen molar-refractivity contribution in [2.75, 3.05) is 16.2 Å². The molecule has 0 aliphatic carbocycles. The Morgan fingerprint density at radius 2 is 1.82 bits per heavy atom. The molecule has 4 aromatic carbocycles. The summed E-state index contributed by atoms with van der Waals surface area (Å²) in [6, 6.07) is 19.1. The Bertz CT molecular complexity index is 1720. The molecule has 1 aliphatic heterocycles. The summed E-state index contributed by atoms with van der Waals surface area (Å²) in [4.78, 5) is 24.4. The van der Waals surface area contributed by atoms with Crippen molar-refractivity contribution >= 4 is 60.1 Å². The van der Waals surface area contributed by atoms with Gasteiger partial charge in [-0.3, -0.25) is 9.59 Å². The molecule has 39 heavy (non-hydrogen) atoms. The van der Waals surface area contributed by atoms with E-state index >= 15 is 4.39 Å². The molecule has 0 radical (unpaired) electrons. The molecule has 0 unspecified atom stereocenters. The highest BCUT2D eigenvalue weighted by Gasteiger charge is 2.38. The quantitative estimate of drug-likeness (QED) is 0.310. The van der Waals surface area contributed by atoms with Gasteiger partial charge < -0.3 is 10.1 Å². The fraction of sp³-hybridized carbons (Fsp3) is 0.111. The van der Waals surface area contributed by atoms with Crippen molar-refractivity contribution in [3.8, 4) is 5.75 Å². The highest BCUT2D eigenvalue weighted by atomic mass is 79.9. The molecule has 200 valence electrons. The summed E-state index contributed by atoms with van der Waals surface area (Å²) in [6.45, 7) is -0.601. The number of carbonyl (C=O) groups excluding carboxylic acids is 2. The topological polar surface area (TPSA) is 105 Å². The Balaban J connectivity index is 1.49. The molecule has 2 amide bonds. The molecule has 0 saturated carbocycles. The molecule has 0 aromatic heterocycles. The van der Waals surface area contributed by atoms with Crippen LogP contribution in [0.1, 0.15) is 11.1 Å². The van der Waals surface area contributed by atoms with E-state index in [1.165, 1.54) is 36.4 Å². The standard InChI is InChI=1S/C27H20BrF2N3O5S/c28-19-7-6-17(22(29)13-19)12-24(34)31-20-8-9-21-18(10-20)11-23(38-15-16-4-2-1-3-5-16)27(26(21)30)33-14-25(35)32-39(33,36)37/h1-11,13H,12,14-15H2,(H,31,34)(H,32,35). The minimum Gasteiger partial charge on any atom is -0.487 e. The van der Waals surface area contributed by atoms with E-state index in [0.29, 0.717) is 19.9 Å². The third kappa shape index (κ3) is 5.71. The van der Waals surface area contributed by atoms with Crippen LogP contribution in [-0.4, -0.2) is 26.8 Å². The summed E-state index contributed by atoms with van der Waals surface area (Å²) in [5, 5.41) is 3.02. The van der Waals surface area contributed by atoms with Gasteiger partial charge in [0.2, 0.25) is 5.91 Å². The first-order chi connectivity index (χ1) is 18.6. The molecule has 1 fully saturated rings. The fourth-order valence-corrected chi connectivity index (χ4v) is 5.67. The zero-order chi connectivity index (χ0) is 27.7. The number of amides is 2. The smallest absolute Gasteiger partial charge is 0.326 e. The first kappa shape index (κ1) is 26.6. The Hall–Kier alpha value is -4.03. The monoisotopic (exact) mass is 615 g/mol. The highest BCUT2D eigenvalue weighted by Crippen LogP contribution is 2.40. The highest BCUT2D eigenvalue weighted by molar-refractivity contribution is 9.10. The lowest BCUT2D eigenvalue weighted by atomic mass is 10.1. The SMILES string of the molecule is O=C(Cc1ccc(Br)cc1F)Nc1ccc2c(F)c(N3CC(=O)NS3(=O)=O)c(OCc3ccccc3)cc2c1. The van der Waals surface area contributed by atoms with E-state index < -0.39 is 45.9 Å². The third-order valence-electron chi connectivity index (χ3n) is 5.97. The number of hydrogen-bond donors (Lipinski definition) is 2. The molecule has 12 heteroatoms. The van der Waals surface area contributed by atoms with Crippen LogP contribution in [0, 0.1) is 11.6 Å². The van der Waals surface area contributed by atoms with Gasteiger partial charge in [-0.2, -0.15) is 8.42 Å². The summed E-state index contributed by atoms with van der Waals surface area (Å²) < 4.78 is 64.0. The van der Waals surface area contributed by atoms with E-state index in [1.54, 1.807) is 30.3 Å². The van der Waals surface area contributed by atoms with Crippen LogP contribution in [0.2, 0.25) is 0 Å². The van der Waals surface area contributed by atoms with Crippen LogP contribution in [0.15, 0.2) is 77.3 Å². The Morgan fingerprint density at radius 3 is 2.51 bits per heavy atom. The first-order valence-corrected chi connectivity index (χ1v) is 13.8. The summed E-state index contributed by atoms with van der Waals surface area (Å²) in [5.74, 6) is -2.84. The van der Waals surface area contributed by atoms with Gasteiger partial charge in [0.15, 0.2) is 5.82 Å². The lowest BCUT2D eigenvalue weighted by Crippen LogP contribution is -2.30. The molecule has 2 N–H and O–H groups in total. The van der Waals surface area contributed by atoms with Gasteiger partial charge in [0.25, 0.3) is 5.91 Å². The normalized spacial score (nSPS) is 14.3. The Morgan fingerprint density at radius 1 is 1.05 bits per heavy atom. The predicted molar refractivity (Wildman–Crippen MR) is 146 cm³/mol. The average Bonchev–Trinajstić information content (AvgIpc) is 3.16. The molecule has 1 saturated heterocycles. The number of hydrogen-bond acceptors (Lipinski definition) is 5. The minimum absolute atomic E-state index is 0.00320. The molecule has 0 atom stereocenters. The lowest BCUT2D eigenvalue weighted by molar-refractivity contribution is -0.117. The summed E-state index contributed by atoms with van der Waals surface area (Å²) >= 11 is 3.17. The fourth-order valence-electron chi connectivity index (χ4n) is 4.17. The van der Waals surface area contributed by atoms with Crippen molar-refractivity contribution in [1.82, 2.24) is 4.72 Å². The van der Waals surface area contributed by atoms with Gasteiger partial charge in [-0.15, -0.1) is 0 Å². The lowest BCUT2D eigenvalue weighted by Gasteiger charge is -2.21. The van der Waals surface area contributed by atoms with Gasteiger partial charge in [0, 0.05) is 15.5 Å². The van der Waals surface area contributed by atoms with E-state index in [2.05, 4.69) is 21.2 Å². The molecule has 8 nitrogen and oxygen atoms in total. The number of halogens is 3. The van der Waals surface area contributed by atoms with E-state index in [-0.39, 0.29) is 29.7 Å². The minimum atomic E-state index is -4.32. The van der Waals surface area contributed by atoms with Crippen LogP contribution in [0.25, 0.3) is 10.8 Å². The molecule has 4 aromatic rings. The summed E-state index contributed by atoms with van der Waals surface area (Å²) in [5.41, 5.74) is 0.874. The average molecular weight is 616 g/mol. The molecular weight excluding hydrogens is 596 g/mol. The Labute approximate surface area is 230 Å². The first-order valence-electron chi connectivity index (χ1n) is 11.6. The van der Waals surface area contributed by atoms with Crippen LogP contribution in [0.4, 0.5) is 20.2 Å². The molecule has 5 rings (SSSR count). The van der Waals surface area contributed by atoms with Crippen molar-refractivity contribution < 1.29 is 31.5 Å². The number of carbonyl (C=O) groups is 2. The van der Waals surface area contributed by atoms with Crippen molar-refractivity contribution in [2.45, 2.75) is 13.0 Å². The van der Waals surface area contributed by atoms with Gasteiger partial charge in [-0.1, -0.05) is 52.3 Å². The molecule has 1 heterocycles. The molecular formula is C27H20BrF2N3O5S. The van der Waals surface area contributed by atoms with Gasteiger partial charge in [-0.25, -0.2) is 17.8 Å². The van der Waals surface area contributed by atoms with Gasteiger partial charge >= 0.3 is 10.2 Å². The zero-order valence-electron chi connectivity index (χ0n) is 20.1. The van der Waals surface area contributed by atoms with Crippen molar-refractivity contribution in [1.29, 1.82) is 0 Å². The number of nitrogens with one attached hydrogen (secondary N) is 2. The maximum absolute atomic E-state index is 15.9. The number of anilines is 2. The van der Waals surface area contributed by atoms with Gasteiger partial charge in [-0.05, 0) is 52.9 Å². The summed E-state index contributed by atoms with van der Waals surface area (Å²) in [6.07, 6.45) is -0.219. The van der Waals surface area contributed by atoms with Crippen molar-refractivity contribution in [2.24, 2.45) is 0 Å². The number of benzene rings is 4. The van der Waals surface area contributed by atoms with E-state index in [9.17, 15) is 22.4 Å². The van der Waals surface area contributed by atoms with Gasteiger partial charge in [0.1, 0.15) is 30.4 Å². The molecule has 0 spiro atoms. The van der Waals surface area contributed by atoms with Crippen molar-refractivity contribution in [3.63, 3.8) is 0 Å². The Kier molecular flexibility index (Phi) is 7.23. The number of nitrogens with zero attached hydrogens (tertiary/aromatic N) is 1. The van der Waals surface area contributed by atoms with E-state index in [1.807, 2.05) is 10.8 Å². The third-order valence-corrected chi connectivity index (χ3v) is 7.84. The van der Waals surface area contributed by atoms with Gasteiger partial charge in [0.05, 0.1) is 6.42 Å². The van der Waals surface area contributed by atoms with Crippen LogP contribution in [-0.2, 0) is 32.8 Å². The summed E-state index contributed by atoms with van der Waals surface area (Å²) in [7, 11) is -4.32.